The van der Waals surface area contributed by atoms with Crippen molar-refractivity contribution in [2.45, 2.75) is 45.3 Å². The number of aryl methyl sites for hydroxylation is 3. The molecule has 5 rings (SSSR count). The van der Waals surface area contributed by atoms with Crippen molar-refractivity contribution < 1.29 is 19.4 Å². The van der Waals surface area contributed by atoms with Gasteiger partial charge in [0.25, 0.3) is 0 Å². The Hall–Kier alpha value is -3.93. The molecule has 0 aliphatic heterocycles. The largest absolute Gasteiger partial charge is 0.492 e. The number of benzene rings is 4. The zero-order valence-corrected chi connectivity index (χ0v) is 24.2. The number of rotatable bonds is 11. The monoisotopic (exact) mass is 549 g/mol. The molecule has 5 heteroatoms. The van der Waals surface area contributed by atoms with Crippen molar-refractivity contribution in [1.82, 2.24) is 4.90 Å². The van der Waals surface area contributed by atoms with Crippen molar-refractivity contribution in [2.75, 3.05) is 26.8 Å². The van der Waals surface area contributed by atoms with Gasteiger partial charge in [0.15, 0.2) is 6.10 Å². The first kappa shape index (κ1) is 28.6. The van der Waals surface area contributed by atoms with Gasteiger partial charge in [0.2, 0.25) is 0 Å². The maximum Gasteiger partial charge on any atom is 0.333 e. The van der Waals surface area contributed by atoms with E-state index in [0.29, 0.717) is 19.6 Å². The summed E-state index contributed by atoms with van der Waals surface area (Å²) in [4.78, 5) is 13.8. The van der Waals surface area contributed by atoms with Crippen LogP contribution in [0, 0.1) is 6.92 Å². The van der Waals surface area contributed by atoms with E-state index in [1.54, 1.807) is 6.92 Å². The van der Waals surface area contributed by atoms with Gasteiger partial charge in [0.05, 0.1) is 6.04 Å². The summed E-state index contributed by atoms with van der Waals surface area (Å²) in [5.41, 5.74) is 10.3. The van der Waals surface area contributed by atoms with Crippen LogP contribution in [0.1, 0.15) is 46.3 Å². The first-order valence-corrected chi connectivity index (χ1v) is 14.5. The van der Waals surface area contributed by atoms with Crippen molar-refractivity contribution in [2.24, 2.45) is 0 Å². The van der Waals surface area contributed by atoms with E-state index >= 15 is 0 Å². The van der Waals surface area contributed by atoms with E-state index < -0.39 is 12.1 Å². The van der Waals surface area contributed by atoms with Crippen molar-refractivity contribution in [1.29, 1.82) is 0 Å². The molecule has 0 radical (unpaired) electrons. The molecule has 41 heavy (non-hydrogen) atoms. The molecule has 1 aliphatic rings. The molecular weight excluding hydrogens is 510 g/mol. The van der Waals surface area contributed by atoms with Crippen LogP contribution in [0.2, 0.25) is 0 Å². The lowest BCUT2D eigenvalue weighted by Crippen LogP contribution is -2.30. The van der Waals surface area contributed by atoms with Crippen molar-refractivity contribution >= 4 is 5.97 Å². The molecule has 0 heterocycles. The van der Waals surface area contributed by atoms with Crippen LogP contribution >= 0.6 is 0 Å². The van der Waals surface area contributed by atoms with Crippen LogP contribution in [0.3, 0.4) is 0 Å². The van der Waals surface area contributed by atoms with Crippen LogP contribution < -0.4 is 4.74 Å². The number of hydrogen-bond donors (Lipinski definition) is 1. The van der Waals surface area contributed by atoms with Gasteiger partial charge in [0.1, 0.15) is 12.4 Å². The Morgan fingerprint density at radius 1 is 0.902 bits per heavy atom. The topological polar surface area (TPSA) is 59.0 Å². The first-order valence-electron chi connectivity index (χ1n) is 14.5. The van der Waals surface area contributed by atoms with E-state index in [-0.39, 0.29) is 6.04 Å². The summed E-state index contributed by atoms with van der Waals surface area (Å²) in [5, 5.41) is 9.36. The van der Waals surface area contributed by atoms with Crippen LogP contribution in [0.4, 0.5) is 0 Å². The second-order valence-electron chi connectivity index (χ2n) is 10.8. The smallest absolute Gasteiger partial charge is 0.333 e. The molecule has 2 unspecified atom stereocenters. The zero-order chi connectivity index (χ0) is 28.8. The maximum atomic E-state index is 11.4. The van der Waals surface area contributed by atoms with E-state index in [2.05, 4.69) is 85.6 Å². The van der Waals surface area contributed by atoms with Crippen LogP contribution in [-0.4, -0.2) is 48.9 Å². The third-order valence-corrected chi connectivity index (χ3v) is 7.94. The van der Waals surface area contributed by atoms with Gasteiger partial charge in [-0.15, -0.1) is 0 Å². The number of nitrogens with zero attached hydrogens (tertiary/aromatic N) is 1. The molecule has 4 aromatic carbocycles. The fourth-order valence-corrected chi connectivity index (χ4v) is 5.82. The molecule has 0 aromatic heterocycles. The summed E-state index contributed by atoms with van der Waals surface area (Å²) in [6, 6.07) is 32.2. The van der Waals surface area contributed by atoms with Crippen molar-refractivity contribution in [3.05, 3.63) is 124 Å². The van der Waals surface area contributed by atoms with Crippen LogP contribution in [0.15, 0.2) is 91.0 Å². The van der Waals surface area contributed by atoms with Crippen molar-refractivity contribution in [3.63, 3.8) is 0 Å². The lowest BCUT2D eigenvalue weighted by Gasteiger charge is -2.30. The molecule has 0 saturated carbocycles. The van der Waals surface area contributed by atoms with E-state index in [1.807, 2.05) is 24.3 Å². The van der Waals surface area contributed by atoms with Crippen LogP contribution in [0.25, 0.3) is 11.1 Å². The quantitative estimate of drug-likeness (QED) is 0.221. The van der Waals surface area contributed by atoms with Gasteiger partial charge in [-0.3, -0.25) is 4.90 Å². The Morgan fingerprint density at radius 2 is 1.59 bits per heavy atom. The molecule has 5 nitrogen and oxygen atoms in total. The van der Waals surface area contributed by atoms with E-state index in [4.69, 9.17) is 9.47 Å². The summed E-state index contributed by atoms with van der Waals surface area (Å²) in [6.45, 7) is 5.64. The molecule has 0 spiro atoms. The number of hydrogen-bond acceptors (Lipinski definition) is 4. The summed E-state index contributed by atoms with van der Waals surface area (Å²) in [7, 11) is 2.18. The first-order chi connectivity index (χ1) is 19.9. The SMILES string of the molecule is CCOC(Cc1ccc(OCCN(C)C2c3ccc(C)cc3CCc3cc(-c4ccccc4)ccc32)cc1)C(=O)O. The summed E-state index contributed by atoms with van der Waals surface area (Å²) in [5.74, 6) is -0.168. The predicted octanol–water partition coefficient (Wildman–Crippen LogP) is 6.89. The summed E-state index contributed by atoms with van der Waals surface area (Å²) in [6.07, 6.45) is 1.55. The molecule has 0 saturated heterocycles. The number of ether oxygens (including phenoxy) is 2. The fraction of sp³-hybridized carbons (Fsp3) is 0.306. The number of carboxylic acid groups (broad SMARTS) is 1. The Kier molecular flexibility index (Phi) is 9.17. The van der Waals surface area contributed by atoms with Gasteiger partial charge >= 0.3 is 5.97 Å². The molecule has 1 N–H and O–H groups in total. The Labute approximate surface area is 243 Å². The maximum absolute atomic E-state index is 11.4. The highest BCUT2D eigenvalue weighted by molar-refractivity contribution is 5.72. The van der Waals surface area contributed by atoms with Crippen LogP contribution in [0.5, 0.6) is 5.75 Å². The summed E-state index contributed by atoms with van der Waals surface area (Å²) >= 11 is 0. The third kappa shape index (κ3) is 6.87. The Balaban J connectivity index is 1.31. The Bertz CT molecular complexity index is 1470. The highest BCUT2D eigenvalue weighted by Gasteiger charge is 2.27. The van der Waals surface area contributed by atoms with Crippen LogP contribution in [-0.2, 0) is 28.8 Å². The average molecular weight is 550 g/mol. The minimum atomic E-state index is -0.941. The molecule has 2 atom stereocenters. The second-order valence-corrected chi connectivity index (χ2v) is 10.8. The number of fused-ring (bicyclic) bond motifs is 2. The molecule has 1 aliphatic carbocycles. The van der Waals surface area contributed by atoms with Gasteiger partial charge in [-0.1, -0.05) is 84.4 Å². The minimum Gasteiger partial charge on any atom is -0.492 e. The molecule has 0 fully saturated rings. The third-order valence-electron chi connectivity index (χ3n) is 7.94. The molecule has 212 valence electrons. The van der Waals surface area contributed by atoms with Gasteiger partial charge in [-0.25, -0.2) is 4.79 Å². The average Bonchev–Trinajstić information content (AvgIpc) is 3.14. The van der Waals surface area contributed by atoms with Gasteiger partial charge in [0, 0.05) is 19.6 Å². The highest BCUT2D eigenvalue weighted by atomic mass is 16.5. The lowest BCUT2D eigenvalue weighted by atomic mass is 9.91. The van der Waals surface area contributed by atoms with E-state index in [0.717, 1.165) is 30.7 Å². The minimum absolute atomic E-state index is 0.144. The van der Waals surface area contributed by atoms with Gasteiger partial charge < -0.3 is 14.6 Å². The molecule has 0 bridgehead atoms. The molecular formula is C36H39NO4. The highest BCUT2D eigenvalue weighted by Crippen LogP contribution is 2.38. The number of aliphatic carboxylic acids is 1. The molecule has 4 aromatic rings. The Morgan fingerprint density at radius 3 is 2.27 bits per heavy atom. The second kappa shape index (κ2) is 13.2. The number of carboxylic acids is 1. The predicted molar refractivity (Wildman–Crippen MR) is 164 cm³/mol. The standard InChI is InChI=1S/C36H39NO4/c1-4-40-34(36(38)39)23-26-11-16-31(17-12-26)41-21-20-37(3)35-32-18-10-25(2)22-29(32)13-14-30-24-28(15-19-33(30)35)27-8-6-5-7-9-27/h5-12,15-19,22,24,34-35H,4,13-14,20-21,23H2,1-3H3,(H,38,39). The number of carbonyl (C=O) groups is 1. The van der Waals surface area contributed by atoms with E-state index in [9.17, 15) is 9.90 Å². The molecule has 0 amide bonds. The van der Waals surface area contributed by atoms with Crippen molar-refractivity contribution in [3.8, 4) is 16.9 Å². The zero-order valence-electron chi connectivity index (χ0n) is 24.2. The normalized spacial score (nSPS) is 15.1. The lowest BCUT2D eigenvalue weighted by molar-refractivity contribution is -0.149. The fourth-order valence-electron chi connectivity index (χ4n) is 5.82. The van der Waals surface area contributed by atoms with E-state index in [1.165, 1.54) is 38.9 Å². The summed E-state index contributed by atoms with van der Waals surface area (Å²) < 4.78 is 11.5. The number of likely N-dealkylation sites (N-methyl/N-ethyl adjacent to an activating group) is 1. The van der Waals surface area contributed by atoms with Gasteiger partial charge in [-0.2, -0.15) is 0 Å². The van der Waals surface area contributed by atoms with Gasteiger partial charge in [-0.05, 0) is 84.8 Å².